The first kappa shape index (κ1) is 10.3. The molecule has 3 nitrogen and oxygen atoms in total. The molecule has 2 rings (SSSR count). The maximum atomic E-state index is 5.63. The van der Waals surface area contributed by atoms with Gasteiger partial charge < -0.3 is 13.6 Å². The van der Waals surface area contributed by atoms with Crippen LogP contribution < -0.4 is 0 Å². The van der Waals surface area contributed by atoms with E-state index in [0.717, 1.165) is 12.8 Å². The minimum atomic E-state index is -1.12. The van der Waals surface area contributed by atoms with Crippen molar-refractivity contribution in [2.24, 2.45) is 0 Å². The van der Waals surface area contributed by atoms with Crippen LogP contribution in [0.3, 0.4) is 0 Å². The molecule has 0 aliphatic carbocycles. The summed E-state index contributed by atoms with van der Waals surface area (Å²) < 4.78 is 16.6. The molecule has 4 heteroatoms. The third-order valence-corrected chi connectivity index (χ3v) is 3.37. The Morgan fingerprint density at radius 1 is 1.50 bits per heavy atom. The highest BCUT2D eigenvalue weighted by atomic mass is 31.2. The molecule has 0 aromatic carbocycles. The van der Waals surface area contributed by atoms with Gasteiger partial charge in [0, 0.05) is 6.42 Å². The highest BCUT2D eigenvalue weighted by Gasteiger charge is 2.30. The van der Waals surface area contributed by atoms with Crippen LogP contribution in [0.15, 0.2) is 24.3 Å². The van der Waals surface area contributed by atoms with E-state index in [0.29, 0.717) is 6.61 Å². The predicted octanol–water partition coefficient (Wildman–Crippen LogP) is 2.94. The Morgan fingerprint density at radius 2 is 2.43 bits per heavy atom. The first-order chi connectivity index (χ1) is 6.88. The Hall–Kier alpha value is -0.210. The average molecular weight is 214 g/mol. The van der Waals surface area contributed by atoms with Gasteiger partial charge in [0.05, 0.1) is 18.8 Å². The lowest BCUT2D eigenvalue weighted by atomic mass is 10.1. The summed E-state index contributed by atoms with van der Waals surface area (Å²) in [6.45, 7) is 2.72. The largest absolute Gasteiger partial charge is 0.334 e. The number of fused-ring (bicyclic) bond motifs is 2. The summed E-state index contributed by atoms with van der Waals surface area (Å²) in [5.74, 6) is 0. The van der Waals surface area contributed by atoms with Crippen molar-refractivity contribution in [2.75, 3.05) is 6.61 Å². The van der Waals surface area contributed by atoms with Crippen LogP contribution in [0.4, 0.5) is 0 Å². The van der Waals surface area contributed by atoms with E-state index < -0.39 is 8.60 Å². The summed E-state index contributed by atoms with van der Waals surface area (Å²) in [5.41, 5.74) is 0. The number of allylic oxidation sites excluding steroid dienone is 1. The molecular formula is C10H15O3P. The minimum absolute atomic E-state index is 0.155. The SMILES string of the molecule is CC/C=C/C1C[C@@H]2C=CCOP(O1)O2. The molecule has 0 amide bonds. The van der Waals surface area contributed by atoms with E-state index in [1.807, 2.05) is 6.08 Å². The number of rotatable bonds is 2. The van der Waals surface area contributed by atoms with E-state index in [1.54, 1.807) is 0 Å². The summed E-state index contributed by atoms with van der Waals surface area (Å²) in [5, 5.41) is 0. The van der Waals surface area contributed by atoms with Gasteiger partial charge in [-0.3, -0.25) is 0 Å². The van der Waals surface area contributed by atoms with Crippen molar-refractivity contribution < 1.29 is 13.6 Å². The van der Waals surface area contributed by atoms with E-state index >= 15 is 0 Å². The fraction of sp³-hybridized carbons (Fsp3) is 0.600. The van der Waals surface area contributed by atoms with Crippen molar-refractivity contribution in [3.63, 3.8) is 0 Å². The normalized spacial score (nSPS) is 37.4. The molecule has 2 aliphatic heterocycles. The van der Waals surface area contributed by atoms with Crippen LogP contribution in [-0.2, 0) is 13.6 Å². The minimum Gasteiger partial charge on any atom is -0.308 e. The Kier molecular flexibility index (Phi) is 3.71. The Labute approximate surface area is 85.7 Å². The molecular weight excluding hydrogens is 199 g/mol. The van der Waals surface area contributed by atoms with Crippen molar-refractivity contribution in [1.29, 1.82) is 0 Å². The van der Waals surface area contributed by atoms with Gasteiger partial charge in [-0.2, -0.15) is 0 Å². The zero-order valence-corrected chi connectivity index (χ0v) is 9.15. The molecule has 3 atom stereocenters. The molecule has 14 heavy (non-hydrogen) atoms. The second-order valence-corrected chi connectivity index (χ2v) is 4.43. The maximum absolute atomic E-state index is 5.63. The maximum Gasteiger partial charge on any atom is 0.334 e. The van der Waals surface area contributed by atoms with E-state index in [1.165, 1.54) is 0 Å². The van der Waals surface area contributed by atoms with Crippen LogP contribution in [0.1, 0.15) is 19.8 Å². The van der Waals surface area contributed by atoms with Crippen LogP contribution in [0.2, 0.25) is 0 Å². The first-order valence-electron chi connectivity index (χ1n) is 4.98. The quantitative estimate of drug-likeness (QED) is 0.522. The topological polar surface area (TPSA) is 27.7 Å². The van der Waals surface area contributed by atoms with Crippen LogP contribution in [0.5, 0.6) is 0 Å². The lowest BCUT2D eigenvalue weighted by Crippen LogP contribution is -2.23. The Balaban J connectivity index is 1.97. The molecule has 78 valence electrons. The third-order valence-electron chi connectivity index (χ3n) is 2.12. The summed E-state index contributed by atoms with van der Waals surface area (Å²) in [7, 11) is -1.12. The summed E-state index contributed by atoms with van der Waals surface area (Å²) in [6, 6.07) is 0. The molecule has 0 radical (unpaired) electrons. The molecule has 2 unspecified atom stereocenters. The van der Waals surface area contributed by atoms with Crippen LogP contribution in [0, 0.1) is 0 Å². The zero-order valence-electron chi connectivity index (χ0n) is 8.26. The highest BCUT2D eigenvalue weighted by molar-refractivity contribution is 7.41. The van der Waals surface area contributed by atoms with Crippen LogP contribution in [-0.4, -0.2) is 18.8 Å². The van der Waals surface area contributed by atoms with Crippen molar-refractivity contribution in [2.45, 2.75) is 32.0 Å². The van der Waals surface area contributed by atoms with Gasteiger partial charge in [-0.1, -0.05) is 31.2 Å². The molecule has 2 bridgehead atoms. The Bertz CT molecular complexity index is 240. The first-order valence-corrected chi connectivity index (χ1v) is 6.08. The van der Waals surface area contributed by atoms with Gasteiger partial charge in [0.25, 0.3) is 0 Å². The fourth-order valence-corrected chi connectivity index (χ4v) is 2.58. The molecule has 1 fully saturated rings. The van der Waals surface area contributed by atoms with Gasteiger partial charge in [0.1, 0.15) is 0 Å². The predicted molar refractivity (Wildman–Crippen MR) is 55.8 cm³/mol. The third kappa shape index (κ3) is 2.64. The lowest BCUT2D eigenvalue weighted by Gasteiger charge is -2.29. The van der Waals surface area contributed by atoms with E-state index in [-0.39, 0.29) is 12.2 Å². The summed E-state index contributed by atoms with van der Waals surface area (Å²) in [6.07, 6.45) is 10.6. The molecule has 0 aromatic rings. The Morgan fingerprint density at radius 3 is 3.29 bits per heavy atom. The smallest absolute Gasteiger partial charge is 0.308 e. The molecule has 0 spiro atoms. The molecule has 2 heterocycles. The van der Waals surface area contributed by atoms with Gasteiger partial charge in [-0.05, 0) is 6.42 Å². The molecule has 2 aliphatic rings. The lowest BCUT2D eigenvalue weighted by molar-refractivity contribution is 0.0644. The second-order valence-electron chi connectivity index (χ2n) is 3.31. The van der Waals surface area contributed by atoms with Gasteiger partial charge in [-0.25, -0.2) is 0 Å². The second kappa shape index (κ2) is 5.04. The summed E-state index contributed by atoms with van der Waals surface area (Å²) >= 11 is 0. The van der Waals surface area contributed by atoms with E-state index in [2.05, 4.69) is 25.2 Å². The van der Waals surface area contributed by atoms with Crippen LogP contribution in [0.25, 0.3) is 0 Å². The van der Waals surface area contributed by atoms with Gasteiger partial charge in [-0.15, -0.1) is 0 Å². The van der Waals surface area contributed by atoms with Crippen molar-refractivity contribution in [1.82, 2.24) is 0 Å². The van der Waals surface area contributed by atoms with Crippen molar-refractivity contribution in [3.05, 3.63) is 24.3 Å². The van der Waals surface area contributed by atoms with E-state index in [4.69, 9.17) is 13.6 Å². The van der Waals surface area contributed by atoms with Gasteiger partial charge in [0.15, 0.2) is 0 Å². The number of hydrogen-bond donors (Lipinski definition) is 0. The van der Waals surface area contributed by atoms with Crippen LogP contribution >= 0.6 is 8.60 Å². The zero-order chi connectivity index (χ0) is 9.80. The average Bonchev–Trinajstić information content (AvgIpc) is 2.36. The van der Waals surface area contributed by atoms with Crippen molar-refractivity contribution in [3.8, 4) is 0 Å². The fourth-order valence-electron chi connectivity index (χ4n) is 1.45. The molecule has 0 aromatic heterocycles. The molecule has 0 N–H and O–H groups in total. The standard InChI is InChI=1S/C10H15O3P/c1-2-3-5-9-8-10-6-4-7-11-14(12-9)13-10/h3-6,9-10H,2,7-8H2,1H3/b5-3+/t9?,10-,14?/m0/s1. The molecule has 0 saturated carbocycles. The van der Waals surface area contributed by atoms with Crippen molar-refractivity contribution >= 4 is 8.60 Å². The number of hydrogen-bond acceptors (Lipinski definition) is 3. The van der Waals surface area contributed by atoms with E-state index in [9.17, 15) is 0 Å². The van der Waals surface area contributed by atoms with Gasteiger partial charge >= 0.3 is 8.60 Å². The van der Waals surface area contributed by atoms with Gasteiger partial charge in [0.2, 0.25) is 0 Å². The summed E-state index contributed by atoms with van der Waals surface area (Å²) in [4.78, 5) is 0. The molecule has 1 saturated heterocycles. The highest BCUT2D eigenvalue weighted by Crippen LogP contribution is 2.48. The monoisotopic (exact) mass is 214 g/mol.